The van der Waals surface area contributed by atoms with E-state index >= 15 is 0 Å². The van der Waals surface area contributed by atoms with Gasteiger partial charge in [0.2, 0.25) is 16.0 Å². The third-order valence-electron chi connectivity index (χ3n) is 7.45. The van der Waals surface area contributed by atoms with Gasteiger partial charge < -0.3 is 4.90 Å². The number of piperidine rings is 1. The maximum Gasteiger partial charge on any atom is 0.390 e. The third kappa shape index (κ3) is 4.45. The molecule has 6 rings (SSSR count). The predicted molar refractivity (Wildman–Crippen MR) is 138 cm³/mol. The number of sulfonamides is 1. The van der Waals surface area contributed by atoms with Gasteiger partial charge in [0.05, 0.1) is 40.5 Å². The van der Waals surface area contributed by atoms with Gasteiger partial charge in [-0.2, -0.15) is 17.5 Å². The van der Waals surface area contributed by atoms with Gasteiger partial charge in [0, 0.05) is 31.4 Å². The monoisotopic (exact) mass is 582 g/mol. The SMILES string of the molecule is Cc1ccc(S(=O)(=O)n2ccc3c2ncc2cnc(N4CC5CC4CCN5S(=O)(=O)CCC(F)(F)F)n23)cc1. The number of nitrogens with zero attached hydrogens (tertiary/aromatic N) is 6. The molecule has 39 heavy (non-hydrogen) atoms. The number of benzene rings is 1. The van der Waals surface area contributed by atoms with Gasteiger partial charge in [0.1, 0.15) is 0 Å². The number of halogens is 3. The summed E-state index contributed by atoms with van der Waals surface area (Å²) in [5, 5.41) is 0. The molecule has 1 aromatic carbocycles. The molecule has 0 saturated carbocycles. The van der Waals surface area contributed by atoms with Crippen LogP contribution in [0.1, 0.15) is 24.8 Å². The molecule has 4 aromatic rings. The second-order valence-corrected chi connectivity index (χ2v) is 13.8. The van der Waals surface area contributed by atoms with E-state index in [-0.39, 0.29) is 29.7 Å². The topological polar surface area (TPSA) is 110 Å². The molecule has 2 saturated heterocycles. The van der Waals surface area contributed by atoms with E-state index in [4.69, 9.17) is 0 Å². The molecule has 15 heteroatoms. The van der Waals surface area contributed by atoms with Gasteiger partial charge in [-0.25, -0.2) is 30.8 Å². The Morgan fingerprint density at radius 1 is 1.00 bits per heavy atom. The molecule has 2 aliphatic heterocycles. The van der Waals surface area contributed by atoms with E-state index in [2.05, 4.69) is 9.97 Å². The van der Waals surface area contributed by atoms with E-state index < -0.39 is 44.4 Å². The Balaban J connectivity index is 1.35. The van der Waals surface area contributed by atoms with E-state index in [0.29, 0.717) is 29.8 Å². The van der Waals surface area contributed by atoms with Gasteiger partial charge >= 0.3 is 6.18 Å². The van der Waals surface area contributed by atoms with Crippen LogP contribution in [0.15, 0.2) is 53.8 Å². The molecule has 3 aromatic heterocycles. The zero-order valence-electron chi connectivity index (χ0n) is 20.8. The van der Waals surface area contributed by atoms with Crippen LogP contribution in [0.2, 0.25) is 0 Å². The highest BCUT2D eigenvalue weighted by atomic mass is 32.2. The van der Waals surface area contributed by atoms with Crippen molar-refractivity contribution >= 4 is 42.7 Å². The molecule has 0 aliphatic carbocycles. The average Bonchev–Trinajstić information content (AvgIpc) is 3.57. The van der Waals surface area contributed by atoms with E-state index in [1.807, 2.05) is 11.8 Å². The van der Waals surface area contributed by atoms with E-state index in [0.717, 1.165) is 9.54 Å². The first-order valence-electron chi connectivity index (χ1n) is 12.3. The predicted octanol–water partition coefficient (Wildman–Crippen LogP) is 3.16. The highest BCUT2D eigenvalue weighted by molar-refractivity contribution is 7.90. The lowest BCUT2D eigenvalue weighted by Gasteiger charge is -2.31. The minimum absolute atomic E-state index is 0.0590. The second kappa shape index (κ2) is 8.93. The molecule has 10 nitrogen and oxygen atoms in total. The zero-order valence-corrected chi connectivity index (χ0v) is 22.4. The van der Waals surface area contributed by atoms with Crippen LogP contribution >= 0.6 is 0 Å². The first kappa shape index (κ1) is 26.1. The third-order valence-corrected chi connectivity index (χ3v) is 11.0. The lowest BCUT2D eigenvalue weighted by molar-refractivity contribution is -0.130. The molecule has 208 valence electrons. The maximum atomic E-state index is 13.4. The highest BCUT2D eigenvalue weighted by Crippen LogP contribution is 2.37. The lowest BCUT2D eigenvalue weighted by Crippen LogP contribution is -2.45. The van der Waals surface area contributed by atoms with Crippen LogP contribution < -0.4 is 4.90 Å². The van der Waals surface area contributed by atoms with Crippen LogP contribution in [0.5, 0.6) is 0 Å². The summed E-state index contributed by atoms with van der Waals surface area (Å²) in [5.41, 5.74) is 2.27. The number of anilines is 1. The smallest absolute Gasteiger partial charge is 0.337 e. The first-order valence-corrected chi connectivity index (χ1v) is 15.4. The Bertz CT molecular complexity index is 1780. The maximum absolute atomic E-state index is 13.4. The van der Waals surface area contributed by atoms with Gasteiger partial charge in [-0.15, -0.1) is 0 Å². The van der Waals surface area contributed by atoms with Crippen molar-refractivity contribution in [1.29, 1.82) is 0 Å². The molecule has 2 unspecified atom stereocenters. The Morgan fingerprint density at radius 2 is 1.72 bits per heavy atom. The Hall–Kier alpha value is -3.17. The number of rotatable bonds is 6. The summed E-state index contributed by atoms with van der Waals surface area (Å²) in [4.78, 5) is 11.0. The number of hydrogen-bond acceptors (Lipinski definition) is 7. The molecule has 2 bridgehead atoms. The Labute approximate surface area is 222 Å². The van der Waals surface area contributed by atoms with Crippen molar-refractivity contribution in [3.05, 3.63) is 54.5 Å². The van der Waals surface area contributed by atoms with Gasteiger partial charge in [0.15, 0.2) is 5.65 Å². The van der Waals surface area contributed by atoms with E-state index in [1.54, 1.807) is 28.8 Å². The van der Waals surface area contributed by atoms with Crippen molar-refractivity contribution in [2.45, 2.75) is 49.3 Å². The molecule has 2 atom stereocenters. The summed E-state index contributed by atoms with van der Waals surface area (Å²) in [5.74, 6) is -0.468. The highest BCUT2D eigenvalue weighted by Gasteiger charge is 2.46. The average molecular weight is 583 g/mol. The fourth-order valence-electron chi connectivity index (χ4n) is 5.54. The van der Waals surface area contributed by atoms with Crippen LogP contribution in [0.3, 0.4) is 0 Å². The Kier molecular flexibility index (Phi) is 5.97. The van der Waals surface area contributed by atoms with Crippen molar-refractivity contribution in [3.63, 3.8) is 0 Å². The van der Waals surface area contributed by atoms with Crippen molar-refractivity contribution < 1.29 is 30.0 Å². The standard InChI is InChI=1S/C24H25F3N6O4S2/c1-16-2-4-20(5-3-16)39(36,37)32-10-7-21-22(32)28-13-19-14-29-23(33(19)21)30-15-18-12-17(30)6-9-31(18)38(34,35)11-8-24(25,26)27/h2-5,7,10,13-14,17-18H,6,8-9,11-12,15H2,1H3. The summed E-state index contributed by atoms with van der Waals surface area (Å²) in [6.45, 7) is 2.27. The number of aromatic nitrogens is 4. The molecule has 2 aliphatic rings. The number of imidazole rings is 1. The summed E-state index contributed by atoms with van der Waals surface area (Å²) in [7, 11) is -8.01. The number of aryl methyl sites for hydroxylation is 1. The molecular weight excluding hydrogens is 557 g/mol. The van der Waals surface area contributed by atoms with Crippen molar-refractivity contribution in [3.8, 4) is 0 Å². The molecular formula is C24H25F3N6O4S2. The normalized spacial score (nSPS) is 20.9. The van der Waals surface area contributed by atoms with Gasteiger partial charge in [0.25, 0.3) is 10.0 Å². The summed E-state index contributed by atoms with van der Waals surface area (Å²) in [6, 6.07) is 7.62. The molecule has 0 spiro atoms. The van der Waals surface area contributed by atoms with Crippen molar-refractivity contribution in [1.82, 2.24) is 22.6 Å². The van der Waals surface area contributed by atoms with Crippen LogP contribution in [0.25, 0.3) is 16.7 Å². The number of hydrogen-bond donors (Lipinski definition) is 0. The van der Waals surface area contributed by atoms with Crippen molar-refractivity contribution in [2.24, 2.45) is 0 Å². The van der Waals surface area contributed by atoms with E-state index in [1.165, 1.54) is 28.8 Å². The van der Waals surface area contributed by atoms with Gasteiger partial charge in [-0.1, -0.05) is 17.7 Å². The van der Waals surface area contributed by atoms with Crippen LogP contribution in [0.4, 0.5) is 19.1 Å². The molecule has 0 N–H and O–H groups in total. The minimum atomic E-state index is -4.55. The molecule has 2 fully saturated rings. The summed E-state index contributed by atoms with van der Waals surface area (Å²) in [6.07, 6.45) is -0.462. The number of fused-ring (bicyclic) bond motifs is 5. The minimum Gasteiger partial charge on any atom is -0.337 e. The van der Waals surface area contributed by atoms with Crippen LogP contribution in [0, 0.1) is 6.92 Å². The molecule has 0 amide bonds. The first-order chi connectivity index (χ1) is 18.3. The largest absolute Gasteiger partial charge is 0.390 e. The summed E-state index contributed by atoms with van der Waals surface area (Å²) >= 11 is 0. The summed E-state index contributed by atoms with van der Waals surface area (Å²) < 4.78 is 94.5. The van der Waals surface area contributed by atoms with Gasteiger partial charge in [-0.3, -0.25) is 4.40 Å². The van der Waals surface area contributed by atoms with E-state index in [9.17, 15) is 30.0 Å². The fraction of sp³-hybridized carbons (Fsp3) is 0.417. The Morgan fingerprint density at radius 3 is 2.44 bits per heavy atom. The van der Waals surface area contributed by atoms with Crippen LogP contribution in [-0.2, 0) is 20.0 Å². The van der Waals surface area contributed by atoms with Crippen molar-refractivity contribution in [2.75, 3.05) is 23.7 Å². The molecule has 0 radical (unpaired) electrons. The zero-order chi connectivity index (χ0) is 27.7. The lowest BCUT2D eigenvalue weighted by atomic mass is 10.1. The quantitative estimate of drug-likeness (QED) is 0.344. The second-order valence-electron chi connectivity index (χ2n) is 9.99. The molecule has 5 heterocycles. The van der Waals surface area contributed by atoms with Gasteiger partial charge in [-0.05, 0) is 38.0 Å². The number of alkyl halides is 3. The van der Waals surface area contributed by atoms with Crippen LogP contribution in [-0.4, -0.2) is 76.6 Å². The fourth-order valence-corrected chi connectivity index (χ4v) is 8.55.